The lowest BCUT2D eigenvalue weighted by Crippen LogP contribution is -2.39. The summed E-state index contributed by atoms with van der Waals surface area (Å²) in [6.07, 6.45) is 3.01. The minimum absolute atomic E-state index is 0.0903. The van der Waals surface area contributed by atoms with E-state index in [1.54, 1.807) is 4.90 Å². The molecule has 1 rings (SSSR count). The third-order valence-electron chi connectivity index (χ3n) is 2.13. The van der Waals surface area contributed by atoms with Crippen LogP contribution in [-0.4, -0.2) is 33.5 Å². The first-order valence-corrected chi connectivity index (χ1v) is 5.49. The summed E-state index contributed by atoms with van der Waals surface area (Å²) in [5, 5.41) is 0. The van der Waals surface area contributed by atoms with Crippen molar-refractivity contribution < 1.29 is 4.79 Å². The van der Waals surface area contributed by atoms with Crippen LogP contribution >= 0.6 is 12.2 Å². The van der Waals surface area contributed by atoms with Gasteiger partial charge in [0.25, 0.3) is 0 Å². The van der Waals surface area contributed by atoms with Gasteiger partial charge >= 0.3 is 0 Å². The van der Waals surface area contributed by atoms with E-state index in [9.17, 15) is 4.79 Å². The van der Waals surface area contributed by atoms with Gasteiger partial charge in [-0.05, 0) is 13.8 Å². The maximum absolute atomic E-state index is 11.0. The Morgan fingerprint density at radius 2 is 2.06 bits per heavy atom. The van der Waals surface area contributed by atoms with Gasteiger partial charge in [0, 0.05) is 6.04 Å². The first-order chi connectivity index (χ1) is 7.91. The molecule has 0 atom stereocenters. The molecule has 0 aliphatic heterocycles. The van der Waals surface area contributed by atoms with E-state index >= 15 is 0 Å². The molecule has 1 aromatic heterocycles. The van der Waals surface area contributed by atoms with Crippen LogP contribution in [0.2, 0.25) is 0 Å². The predicted molar refractivity (Wildman–Crippen MR) is 69.6 cm³/mol. The average Bonchev–Trinajstić information content (AvgIpc) is 2.25. The average molecular weight is 253 g/mol. The van der Waals surface area contributed by atoms with Crippen molar-refractivity contribution in [3.05, 3.63) is 18.1 Å². The highest BCUT2D eigenvalue weighted by atomic mass is 32.1. The van der Waals surface area contributed by atoms with Crippen molar-refractivity contribution in [2.24, 2.45) is 11.5 Å². The number of primary amides is 1. The zero-order valence-electron chi connectivity index (χ0n) is 9.75. The van der Waals surface area contributed by atoms with Gasteiger partial charge in [-0.2, -0.15) is 0 Å². The summed E-state index contributed by atoms with van der Waals surface area (Å²) in [4.78, 5) is 21.1. The molecule has 4 N–H and O–H groups in total. The number of thiocarbonyl (C=S) groups is 1. The van der Waals surface area contributed by atoms with Gasteiger partial charge < -0.3 is 16.4 Å². The highest BCUT2D eigenvalue weighted by Gasteiger charge is 2.14. The van der Waals surface area contributed by atoms with Crippen molar-refractivity contribution in [1.29, 1.82) is 0 Å². The Labute approximate surface area is 105 Å². The van der Waals surface area contributed by atoms with E-state index in [0.717, 1.165) is 0 Å². The molecular formula is C10H15N5OS. The molecule has 0 saturated heterocycles. The van der Waals surface area contributed by atoms with Crippen molar-refractivity contribution >= 4 is 28.9 Å². The number of amides is 1. The van der Waals surface area contributed by atoms with Crippen LogP contribution in [0.5, 0.6) is 0 Å². The summed E-state index contributed by atoms with van der Waals surface area (Å²) in [7, 11) is 0. The van der Waals surface area contributed by atoms with Crippen LogP contribution in [-0.2, 0) is 4.79 Å². The Balaban J connectivity index is 2.95. The SMILES string of the molecule is CC(C)N(CC(N)=O)c1cnc(C(N)=S)cn1. The smallest absolute Gasteiger partial charge is 0.237 e. The minimum Gasteiger partial charge on any atom is -0.388 e. The van der Waals surface area contributed by atoms with Gasteiger partial charge in [-0.25, -0.2) is 9.97 Å². The molecule has 0 radical (unpaired) electrons. The first kappa shape index (κ1) is 13.3. The Morgan fingerprint density at radius 1 is 1.41 bits per heavy atom. The summed E-state index contributed by atoms with van der Waals surface area (Å²) in [6.45, 7) is 3.97. The number of rotatable bonds is 5. The molecule has 0 unspecified atom stereocenters. The molecule has 7 heteroatoms. The number of hydrogen-bond acceptors (Lipinski definition) is 5. The largest absolute Gasteiger partial charge is 0.388 e. The molecule has 1 heterocycles. The second kappa shape index (κ2) is 5.53. The van der Waals surface area contributed by atoms with E-state index in [1.165, 1.54) is 12.4 Å². The Hall–Kier alpha value is -1.76. The Morgan fingerprint density at radius 3 is 2.41 bits per heavy atom. The zero-order valence-corrected chi connectivity index (χ0v) is 10.6. The normalized spacial score (nSPS) is 10.3. The van der Waals surface area contributed by atoms with Crippen molar-refractivity contribution in [3.8, 4) is 0 Å². The number of hydrogen-bond donors (Lipinski definition) is 2. The van der Waals surface area contributed by atoms with Gasteiger partial charge in [0.05, 0.1) is 18.9 Å². The molecule has 0 aliphatic carbocycles. The Kier molecular flexibility index (Phi) is 4.33. The van der Waals surface area contributed by atoms with Crippen molar-refractivity contribution in [3.63, 3.8) is 0 Å². The molecule has 0 fully saturated rings. The van der Waals surface area contributed by atoms with Gasteiger partial charge in [0.1, 0.15) is 16.5 Å². The van der Waals surface area contributed by atoms with E-state index in [-0.39, 0.29) is 17.6 Å². The number of nitrogens with two attached hydrogens (primary N) is 2. The van der Waals surface area contributed by atoms with Gasteiger partial charge in [0.15, 0.2) is 0 Å². The number of nitrogens with zero attached hydrogens (tertiary/aromatic N) is 3. The third-order valence-corrected chi connectivity index (χ3v) is 2.34. The maximum Gasteiger partial charge on any atom is 0.237 e. The van der Waals surface area contributed by atoms with Gasteiger partial charge in [0.2, 0.25) is 5.91 Å². The number of carbonyl (C=O) groups excluding carboxylic acids is 1. The highest BCUT2D eigenvalue weighted by Crippen LogP contribution is 2.12. The summed E-state index contributed by atoms with van der Waals surface area (Å²) in [5.41, 5.74) is 11.0. The molecule has 0 saturated carbocycles. The summed E-state index contributed by atoms with van der Waals surface area (Å²) in [5.74, 6) is 0.151. The number of anilines is 1. The first-order valence-electron chi connectivity index (χ1n) is 5.08. The standard InChI is InChI=1S/C10H15N5OS/c1-6(2)15(5-8(11)16)9-4-13-7(3-14-9)10(12)17/h3-4,6H,5H2,1-2H3,(H2,11,16)(H2,12,17). The molecule has 92 valence electrons. The summed E-state index contributed by atoms with van der Waals surface area (Å²) >= 11 is 4.78. The fourth-order valence-electron chi connectivity index (χ4n) is 1.29. The van der Waals surface area contributed by atoms with Crippen LogP contribution in [0.4, 0.5) is 5.82 Å². The van der Waals surface area contributed by atoms with Gasteiger partial charge in [-0.1, -0.05) is 12.2 Å². The topological polar surface area (TPSA) is 98.1 Å². The van der Waals surface area contributed by atoms with Crippen LogP contribution in [0.1, 0.15) is 19.5 Å². The van der Waals surface area contributed by atoms with E-state index in [1.807, 2.05) is 13.8 Å². The van der Waals surface area contributed by atoms with E-state index in [2.05, 4.69) is 9.97 Å². The van der Waals surface area contributed by atoms with Crippen LogP contribution in [0, 0.1) is 0 Å². The number of aromatic nitrogens is 2. The molecule has 0 spiro atoms. The van der Waals surface area contributed by atoms with Gasteiger partial charge in [-0.15, -0.1) is 0 Å². The monoisotopic (exact) mass is 253 g/mol. The molecule has 1 amide bonds. The van der Waals surface area contributed by atoms with Crippen LogP contribution in [0.15, 0.2) is 12.4 Å². The number of carbonyl (C=O) groups is 1. The predicted octanol–water partition coefficient (Wildman–Crippen LogP) is -0.189. The molecule has 0 aliphatic rings. The van der Waals surface area contributed by atoms with Gasteiger partial charge in [-0.3, -0.25) is 4.79 Å². The van der Waals surface area contributed by atoms with E-state index in [4.69, 9.17) is 23.7 Å². The summed E-state index contributed by atoms with van der Waals surface area (Å²) < 4.78 is 0. The third kappa shape index (κ3) is 3.63. The fourth-order valence-corrected chi connectivity index (χ4v) is 1.40. The van der Waals surface area contributed by atoms with Crippen LogP contribution in [0.3, 0.4) is 0 Å². The fraction of sp³-hybridized carbons (Fsp3) is 0.400. The molecule has 0 bridgehead atoms. The second-order valence-electron chi connectivity index (χ2n) is 3.81. The molecule has 17 heavy (non-hydrogen) atoms. The molecule has 6 nitrogen and oxygen atoms in total. The summed E-state index contributed by atoms with van der Waals surface area (Å²) in [6, 6.07) is 0.0903. The lowest BCUT2D eigenvalue weighted by molar-refractivity contribution is -0.116. The highest BCUT2D eigenvalue weighted by molar-refractivity contribution is 7.80. The lowest BCUT2D eigenvalue weighted by atomic mass is 10.3. The maximum atomic E-state index is 11.0. The van der Waals surface area contributed by atoms with Crippen LogP contribution < -0.4 is 16.4 Å². The molecular weight excluding hydrogens is 238 g/mol. The van der Waals surface area contributed by atoms with Crippen molar-refractivity contribution in [2.75, 3.05) is 11.4 Å². The molecule has 1 aromatic rings. The van der Waals surface area contributed by atoms with Crippen molar-refractivity contribution in [1.82, 2.24) is 9.97 Å². The lowest BCUT2D eigenvalue weighted by Gasteiger charge is -2.25. The Bertz CT molecular complexity index is 417. The molecule has 0 aromatic carbocycles. The van der Waals surface area contributed by atoms with E-state index < -0.39 is 5.91 Å². The second-order valence-corrected chi connectivity index (χ2v) is 4.25. The zero-order chi connectivity index (χ0) is 13.0. The van der Waals surface area contributed by atoms with E-state index in [0.29, 0.717) is 11.5 Å². The van der Waals surface area contributed by atoms with Crippen molar-refractivity contribution in [2.45, 2.75) is 19.9 Å². The van der Waals surface area contributed by atoms with Crippen LogP contribution in [0.25, 0.3) is 0 Å². The quantitative estimate of drug-likeness (QED) is 0.706. The minimum atomic E-state index is -0.418.